The average molecular weight is 482 g/mol. The maximum atomic E-state index is 5.68. The van der Waals surface area contributed by atoms with Gasteiger partial charge in [0.25, 0.3) is 0 Å². The van der Waals surface area contributed by atoms with Gasteiger partial charge in [0.15, 0.2) is 5.96 Å². The van der Waals surface area contributed by atoms with Crippen molar-refractivity contribution in [3.05, 3.63) is 66.4 Å². The molecule has 0 aliphatic rings. The molecule has 146 valence electrons. The Hall–Kier alpha value is -2.29. The number of aromatic nitrogens is 1. The lowest BCUT2D eigenvalue weighted by Crippen LogP contribution is -2.36. The molecule has 0 aliphatic heterocycles. The molecule has 0 bridgehead atoms. The van der Waals surface area contributed by atoms with E-state index in [0.717, 1.165) is 16.9 Å². The number of nitrogens with one attached hydrogen (secondary N) is 2. The maximum absolute atomic E-state index is 5.68. The number of hydrogen-bond donors (Lipinski definition) is 2. The number of guanidine groups is 1. The van der Waals surface area contributed by atoms with E-state index in [9.17, 15) is 0 Å². The zero-order valence-electron chi connectivity index (χ0n) is 15.8. The predicted molar refractivity (Wildman–Crippen MR) is 120 cm³/mol. The normalized spacial score (nSPS) is 10.5. The Labute approximate surface area is 178 Å². The number of benzene rings is 1. The molecule has 0 spiro atoms. The lowest BCUT2D eigenvalue weighted by atomic mass is 10.2. The molecule has 0 radical (unpaired) electrons. The first-order valence-corrected chi connectivity index (χ1v) is 8.60. The molecule has 1 aromatic carbocycles. The van der Waals surface area contributed by atoms with Crippen LogP contribution in [0.4, 0.5) is 0 Å². The number of aliphatic imine (C=N–C) groups is 1. The van der Waals surface area contributed by atoms with Crippen molar-refractivity contribution in [3.8, 4) is 11.6 Å². The lowest BCUT2D eigenvalue weighted by molar-refractivity contribution is 0.326. The molecule has 0 saturated carbocycles. The van der Waals surface area contributed by atoms with Crippen LogP contribution in [0.3, 0.4) is 0 Å². The molecule has 7 heteroatoms. The van der Waals surface area contributed by atoms with Gasteiger partial charge in [0.05, 0.1) is 6.61 Å². The Kier molecular flexibility index (Phi) is 10.9. The van der Waals surface area contributed by atoms with Gasteiger partial charge in [-0.25, -0.2) is 4.98 Å². The largest absolute Gasteiger partial charge is 0.489 e. The Morgan fingerprint density at radius 3 is 2.70 bits per heavy atom. The van der Waals surface area contributed by atoms with Gasteiger partial charge in [-0.3, -0.25) is 4.99 Å². The highest BCUT2D eigenvalue weighted by atomic mass is 127. The van der Waals surface area contributed by atoms with Crippen LogP contribution in [0.5, 0.6) is 11.6 Å². The lowest BCUT2D eigenvalue weighted by Gasteiger charge is -2.14. The molecule has 0 fully saturated rings. The van der Waals surface area contributed by atoms with Crippen LogP contribution in [0.25, 0.3) is 0 Å². The van der Waals surface area contributed by atoms with Gasteiger partial charge in [0, 0.05) is 38.0 Å². The van der Waals surface area contributed by atoms with E-state index in [1.807, 2.05) is 43.3 Å². The highest BCUT2D eigenvalue weighted by molar-refractivity contribution is 14.0. The topological polar surface area (TPSA) is 67.8 Å². The summed E-state index contributed by atoms with van der Waals surface area (Å²) in [5.41, 5.74) is 2.13. The summed E-state index contributed by atoms with van der Waals surface area (Å²) in [4.78, 5) is 8.43. The average Bonchev–Trinajstić information content (AvgIpc) is 2.68. The van der Waals surface area contributed by atoms with Crippen molar-refractivity contribution >= 4 is 29.9 Å². The molecule has 27 heavy (non-hydrogen) atoms. The standard InChI is InChI=1S/C20H26N4O2.HI/c1-4-12-26-18-9-7-6-8-17(18)15-24-20(21-3)23-14-16-10-11-22-19(13-16)25-5-2;/h4,6-11,13H,1,5,12,14-15H2,2-3H3,(H2,21,23,24);1H. The van der Waals surface area contributed by atoms with Gasteiger partial charge in [0.2, 0.25) is 5.88 Å². The summed E-state index contributed by atoms with van der Waals surface area (Å²) in [5.74, 6) is 2.17. The van der Waals surface area contributed by atoms with E-state index in [2.05, 4.69) is 27.2 Å². The molecular formula is C20H27IN4O2. The van der Waals surface area contributed by atoms with Crippen molar-refractivity contribution in [1.29, 1.82) is 0 Å². The first-order chi connectivity index (χ1) is 12.8. The SMILES string of the molecule is C=CCOc1ccccc1CNC(=NC)NCc1ccnc(OCC)c1.I. The van der Waals surface area contributed by atoms with Crippen LogP contribution in [0.2, 0.25) is 0 Å². The predicted octanol–water partition coefficient (Wildman–Crippen LogP) is 3.53. The van der Waals surface area contributed by atoms with Crippen LogP contribution in [-0.2, 0) is 13.1 Å². The summed E-state index contributed by atoms with van der Waals surface area (Å²) in [6.45, 7) is 7.92. The fourth-order valence-electron chi connectivity index (χ4n) is 2.31. The number of rotatable bonds is 9. The van der Waals surface area contributed by atoms with Gasteiger partial charge < -0.3 is 20.1 Å². The number of hydrogen-bond acceptors (Lipinski definition) is 4. The van der Waals surface area contributed by atoms with Crippen LogP contribution in [-0.4, -0.2) is 31.2 Å². The van der Waals surface area contributed by atoms with Gasteiger partial charge in [-0.1, -0.05) is 30.9 Å². The van der Waals surface area contributed by atoms with Crippen molar-refractivity contribution in [3.63, 3.8) is 0 Å². The molecule has 2 N–H and O–H groups in total. The number of nitrogens with zero attached hydrogens (tertiary/aromatic N) is 2. The minimum Gasteiger partial charge on any atom is -0.489 e. The van der Waals surface area contributed by atoms with Crippen molar-refractivity contribution in [2.45, 2.75) is 20.0 Å². The first kappa shape index (κ1) is 22.8. The smallest absolute Gasteiger partial charge is 0.213 e. The van der Waals surface area contributed by atoms with Crippen molar-refractivity contribution < 1.29 is 9.47 Å². The highest BCUT2D eigenvalue weighted by Gasteiger charge is 2.05. The van der Waals surface area contributed by atoms with Gasteiger partial charge >= 0.3 is 0 Å². The fourth-order valence-corrected chi connectivity index (χ4v) is 2.31. The fraction of sp³-hybridized carbons (Fsp3) is 0.300. The molecular weight excluding hydrogens is 455 g/mol. The van der Waals surface area contributed by atoms with Crippen molar-refractivity contribution in [2.24, 2.45) is 4.99 Å². The Balaban J connectivity index is 0.00000364. The van der Waals surface area contributed by atoms with E-state index < -0.39 is 0 Å². The molecule has 0 unspecified atom stereocenters. The van der Waals surface area contributed by atoms with Crippen molar-refractivity contribution in [2.75, 3.05) is 20.3 Å². The zero-order chi connectivity index (χ0) is 18.6. The number of halogens is 1. The molecule has 0 atom stereocenters. The minimum atomic E-state index is 0. The van der Waals surface area contributed by atoms with Crippen LogP contribution in [0.15, 0.2) is 60.2 Å². The van der Waals surface area contributed by atoms with Crippen LogP contribution in [0.1, 0.15) is 18.1 Å². The molecule has 2 aromatic rings. The summed E-state index contributed by atoms with van der Waals surface area (Å²) in [6, 6.07) is 11.8. The van der Waals surface area contributed by atoms with E-state index >= 15 is 0 Å². The molecule has 0 saturated heterocycles. The van der Waals surface area contributed by atoms with Gasteiger partial charge in [-0.15, -0.1) is 24.0 Å². The molecule has 0 amide bonds. The summed E-state index contributed by atoms with van der Waals surface area (Å²) in [7, 11) is 1.74. The Morgan fingerprint density at radius 1 is 1.19 bits per heavy atom. The molecule has 0 aliphatic carbocycles. The number of ether oxygens (including phenoxy) is 2. The second-order valence-corrected chi connectivity index (χ2v) is 5.42. The number of para-hydroxylation sites is 1. The van der Waals surface area contributed by atoms with Crippen molar-refractivity contribution in [1.82, 2.24) is 15.6 Å². The first-order valence-electron chi connectivity index (χ1n) is 8.60. The maximum Gasteiger partial charge on any atom is 0.213 e. The molecule has 2 rings (SSSR count). The second kappa shape index (κ2) is 13.0. The van der Waals surface area contributed by atoms with Crippen LogP contribution in [0, 0.1) is 0 Å². The summed E-state index contributed by atoms with van der Waals surface area (Å²) in [6.07, 6.45) is 3.47. The molecule has 1 aromatic heterocycles. The van der Waals surface area contributed by atoms with E-state index in [-0.39, 0.29) is 24.0 Å². The monoisotopic (exact) mass is 482 g/mol. The third-order valence-electron chi connectivity index (χ3n) is 3.55. The second-order valence-electron chi connectivity index (χ2n) is 5.42. The van der Waals surface area contributed by atoms with Gasteiger partial charge in [-0.05, 0) is 24.6 Å². The minimum absolute atomic E-state index is 0. The highest BCUT2D eigenvalue weighted by Crippen LogP contribution is 2.17. The summed E-state index contributed by atoms with van der Waals surface area (Å²) in [5, 5.41) is 6.59. The van der Waals surface area contributed by atoms with E-state index in [0.29, 0.717) is 38.1 Å². The van der Waals surface area contributed by atoms with E-state index in [1.165, 1.54) is 0 Å². The quantitative estimate of drug-likeness (QED) is 0.248. The third kappa shape index (κ3) is 7.86. The van der Waals surface area contributed by atoms with Crippen LogP contribution >= 0.6 is 24.0 Å². The Morgan fingerprint density at radius 2 is 1.96 bits per heavy atom. The van der Waals surface area contributed by atoms with E-state index in [1.54, 1.807) is 19.3 Å². The van der Waals surface area contributed by atoms with Gasteiger partial charge in [-0.2, -0.15) is 0 Å². The summed E-state index contributed by atoms with van der Waals surface area (Å²) >= 11 is 0. The van der Waals surface area contributed by atoms with Gasteiger partial charge in [0.1, 0.15) is 12.4 Å². The van der Waals surface area contributed by atoms with E-state index in [4.69, 9.17) is 9.47 Å². The Bertz CT molecular complexity index is 737. The zero-order valence-corrected chi connectivity index (χ0v) is 18.1. The third-order valence-corrected chi connectivity index (χ3v) is 3.55. The summed E-state index contributed by atoms with van der Waals surface area (Å²) < 4.78 is 11.1. The molecule has 1 heterocycles. The van der Waals surface area contributed by atoms with Crippen LogP contribution < -0.4 is 20.1 Å². The number of pyridine rings is 1. The molecule has 6 nitrogen and oxygen atoms in total.